The van der Waals surface area contributed by atoms with Crippen LogP contribution < -0.4 is 14.2 Å². The first-order chi connectivity index (χ1) is 14.7. The SMILES string of the molecule is COc1cc(-c2cnc(-c3ccc4[nH]ccc4c3)c3ccsc23)cc(OC)c1OC. The second-order valence-corrected chi connectivity index (χ2v) is 7.79. The summed E-state index contributed by atoms with van der Waals surface area (Å²) in [5.41, 5.74) is 5.20. The van der Waals surface area contributed by atoms with E-state index >= 15 is 0 Å². The lowest BCUT2D eigenvalue weighted by Gasteiger charge is -2.15. The third-order valence-electron chi connectivity index (χ3n) is 5.29. The Bertz CT molecular complexity index is 1340. The zero-order chi connectivity index (χ0) is 20.7. The number of hydrogen-bond donors (Lipinski definition) is 1. The van der Waals surface area contributed by atoms with Gasteiger partial charge in [0.1, 0.15) is 0 Å². The van der Waals surface area contributed by atoms with Gasteiger partial charge in [0.05, 0.1) is 27.0 Å². The maximum absolute atomic E-state index is 5.54. The minimum atomic E-state index is 0.579. The number of methoxy groups -OCH3 is 3. The van der Waals surface area contributed by atoms with E-state index in [4.69, 9.17) is 19.2 Å². The molecule has 0 spiro atoms. The van der Waals surface area contributed by atoms with Gasteiger partial charge in [0.2, 0.25) is 5.75 Å². The summed E-state index contributed by atoms with van der Waals surface area (Å²) in [7, 11) is 4.86. The molecule has 0 atom stereocenters. The predicted octanol–water partition coefficient (Wildman–Crippen LogP) is 6.14. The molecule has 0 fully saturated rings. The molecule has 6 heteroatoms. The zero-order valence-electron chi connectivity index (χ0n) is 16.9. The Morgan fingerprint density at radius 1 is 0.867 bits per heavy atom. The van der Waals surface area contributed by atoms with E-state index in [1.54, 1.807) is 32.7 Å². The molecule has 3 heterocycles. The molecule has 5 rings (SSSR count). The van der Waals surface area contributed by atoms with Crippen molar-refractivity contribution in [3.8, 4) is 39.6 Å². The molecule has 0 amide bonds. The number of aromatic amines is 1. The van der Waals surface area contributed by atoms with Crippen LogP contribution in [0.5, 0.6) is 17.2 Å². The van der Waals surface area contributed by atoms with Crippen molar-refractivity contribution in [3.05, 3.63) is 60.2 Å². The maximum Gasteiger partial charge on any atom is 0.203 e. The Balaban J connectivity index is 1.69. The topological polar surface area (TPSA) is 56.4 Å². The average molecular weight is 417 g/mol. The van der Waals surface area contributed by atoms with Crippen molar-refractivity contribution in [2.45, 2.75) is 0 Å². The predicted molar refractivity (Wildman–Crippen MR) is 122 cm³/mol. The highest BCUT2D eigenvalue weighted by Gasteiger charge is 2.18. The molecule has 0 saturated heterocycles. The zero-order valence-corrected chi connectivity index (χ0v) is 17.7. The molecule has 0 aliphatic rings. The van der Waals surface area contributed by atoms with E-state index in [0.29, 0.717) is 17.2 Å². The van der Waals surface area contributed by atoms with Gasteiger partial charge in [0.15, 0.2) is 11.5 Å². The van der Waals surface area contributed by atoms with Crippen LogP contribution in [0.3, 0.4) is 0 Å². The first kappa shape index (κ1) is 18.5. The summed E-state index contributed by atoms with van der Waals surface area (Å²) in [4.78, 5) is 8.09. The molecule has 0 aliphatic carbocycles. The standard InChI is InChI=1S/C24H20N2O3S/c1-27-20-11-16(12-21(28-2)23(20)29-3)18-13-26-22(17-7-9-30-24(17)18)15-4-5-19-14(10-15)6-8-25-19/h4-13,25H,1-3H3. The van der Waals surface area contributed by atoms with Crippen LogP contribution in [0.4, 0.5) is 0 Å². The van der Waals surface area contributed by atoms with Crippen molar-refractivity contribution >= 4 is 32.3 Å². The van der Waals surface area contributed by atoms with Crippen molar-refractivity contribution in [1.82, 2.24) is 9.97 Å². The van der Waals surface area contributed by atoms with Gasteiger partial charge < -0.3 is 19.2 Å². The number of nitrogens with zero attached hydrogens (tertiary/aromatic N) is 1. The molecule has 0 aliphatic heterocycles. The molecule has 0 bridgehead atoms. The van der Waals surface area contributed by atoms with E-state index in [2.05, 4.69) is 40.7 Å². The number of rotatable bonds is 5. The first-order valence-corrected chi connectivity index (χ1v) is 10.4. The second-order valence-electron chi connectivity index (χ2n) is 6.88. The minimum Gasteiger partial charge on any atom is -0.493 e. The molecule has 0 radical (unpaired) electrons. The van der Waals surface area contributed by atoms with Gasteiger partial charge in [-0.05, 0) is 47.3 Å². The van der Waals surface area contributed by atoms with Crippen LogP contribution in [0.15, 0.2) is 60.2 Å². The molecular formula is C24H20N2O3S. The first-order valence-electron chi connectivity index (χ1n) is 9.47. The molecule has 0 saturated carbocycles. The Kier molecular flexibility index (Phi) is 4.56. The van der Waals surface area contributed by atoms with Crippen LogP contribution in [0, 0.1) is 0 Å². The summed E-state index contributed by atoms with van der Waals surface area (Å²) in [6.45, 7) is 0. The highest BCUT2D eigenvalue weighted by atomic mass is 32.1. The van der Waals surface area contributed by atoms with Crippen molar-refractivity contribution in [1.29, 1.82) is 0 Å². The number of nitrogens with one attached hydrogen (secondary N) is 1. The van der Waals surface area contributed by atoms with E-state index in [1.165, 1.54) is 10.1 Å². The van der Waals surface area contributed by atoms with E-state index in [0.717, 1.165) is 33.3 Å². The smallest absolute Gasteiger partial charge is 0.203 e. The fraction of sp³-hybridized carbons (Fsp3) is 0.125. The van der Waals surface area contributed by atoms with Gasteiger partial charge in [-0.15, -0.1) is 11.3 Å². The van der Waals surface area contributed by atoms with E-state index < -0.39 is 0 Å². The maximum atomic E-state index is 5.54. The van der Waals surface area contributed by atoms with Gasteiger partial charge >= 0.3 is 0 Å². The largest absolute Gasteiger partial charge is 0.493 e. The van der Waals surface area contributed by atoms with Crippen molar-refractivity contribution in [2.75, 3.05) is 21.3 Å². The summed E-state index contributed by atoms with van der Waals surface area (Å²) in [6.07, 6.45) is 3.88. The Labute approximate surface area is 177 Å². The minimum absolute atomic E-state index is 0.579. The summed E-state index contributed by atoms with van der Waals surface area (Å²) in [6, 6.07) is 14.5. The molecule has 150 valence electrons. The van der Waals surface area contributed by atoms with Gasteiger partial charge in [0, 0.05) is 44.5 Å². The van der Waals surface area contributed by atoms with Crippen LogP contribution in [-0.4, -0.2) is 31.3 Å². The number of hydrogen-bond acceptors (Lipinski definition) is 5. The van der Waals surface area contributed by atoms with Crippen molar-refractivity contribution in [2.24, 2.45) is 0 Å². The molecule has 0 unspecified atom stereocenters. The van der Waals surface area contributed by atoms with Crippen LogP contribution in [0.2, 0.25) is 0 Å². The number of H-pyrrole nitrogens is 1. The van der Waals surface area contributed by atoms with Crippen molar-refractivity contribution < 1.29 is 14.2 Å². The highest BCUT2D eigenvalue weighted by Crippen LogP contribution is 2.44. The molecule has 2 aromatic carbocycles. The Morgan fingerprint density at radius 2 is 1.67 bits per heavy atom. The third kappa shape index (κ3) is 2.88. The fourth-order valence-corrected chi connectivity index (χ4v) is 4.76. The third-order valence-corrected chi connectivity index (χ3v) is 6.24. The van der Waals surface area contributed by atoms with Gasteiger partial charge in [-0.3, -0.25) is 4.98 Å². The van der Waals surface area contributed by atoms with Gasteiger partial charge in [0.25, 0.3) is 0 Å². The molecule has 1 N–H and O–H groups in total. The lowest BCUT2D eigenvalue weighted by atomic mass is 10.0. The van der Waals surface area contributed by atoms with Crippen LogP contribution >= 0.6 is 11.3 Å². The highest BCUT2D eigenvalue weighted by molar-refractivity contribution is 7.17. The Hall–Kier alpha value is -3.51. The van der Waals surface area contributed by atoms with Gasteiger partial charge in [-0.1, -0.05) is 6.07 Å². The molecular weight excluding hydrogens is 396 g/mol. The van der Waals surface area contributed by atoms with E-state index in [1.807, 2.05) is 24.5 Å². The Morgan fingerprint density at radius 3 is 2.40 bits per heavy atom. The van der Waals surface area contributed by atoms with Crippen molar-refractivity contribution in [3.63, 3.8) is 0 Å². The normalized spacial score (nSPS) is 11.2. The van der Waals surface area contributed by atoms with Crippen LogP contribution in [-0.2, 0) is 0 Å². The summed E-state index contributed by atoms with van der Waals surface area (Å²) < 4.78 is 17.7. The number of benzene rings is 2. The fourth-order valence-electron chi connectivity index (χ4n) is 3.83. The van der Waals surface area contributed by atoms with E-state index in [-0.39, 0.29) is 0 Å². The lowest BCUT2D eigenvalue weighted by molar-refractivity contribution is 0.324. The van der Waals surface area contributed by atoms with E-state index in [9.17, 15) is 0 Å². The molecule has 5 nitrogen and oxygen atoms in total. The average Bonchev–Trinajstić information content (AvgIpc) is 3.46. The monoisotopic (exact) mass is 416 g/mol. The number of pyridine rings is 1. The van der Waals surface area contributed by atoms with Crippen LogP contribution in [0.25, 0.3) is 43.4 Å². The lowest BCUT2D eigenvalue weighted by Crippen LogP contribution is -1.96. The summed E-state index contributed by atoms with van der Waals surface area (Å²) >= 11 is 1.70. The van der Waals surface area contributed by atoms with Crippen LogP contribution in [0.1, 0.15) is 0 Å². The summed E-state index contributed by atoms with van der Waals surface area (Å²) in [5.74, 6) is 1.83. The second kappa shape index (κ2) is 7.39. The number of aromatic nitrogens is 2. The van der Waals surface area contributed by atoms with Gasteiger partial charge in [-0.2, -0.15) is 0 Å². The number of fused-ring (bicyclic) bond motifs is 2. The van der Waals surface area contributed by atoms with Gasteiger partial charge in [-0.25, -0.2) is 0 Å². The molecule has 3 aromatic heterocycles. The number of thiophene rings is 1. The summed E-state index contributed by atoms with van der Waals surface area (Å²) in [5, 5.41) is 4.40. The molecule has 30 heavy (non-hydrogen) atoms. The quantitative estimate of drug-likeness (QED) is 0.374. The molecule has 5 aromatic rings. The number of ether oxygens (including phenoxy) is 3.